The topological polar surface area (TPSA) is 77.5 Å². The lowest BCUT2D eigenvalue weighted by molar-refractivity contribution is 0.0923. The molecule has 0 saturated heterocycles. The minimum atomic E-state index is -3.66. The van der Waals surface area contributed by atoms with E-state index in [0.717, 1.165) is 16.7 Å². The Kier molecular flexibility index (Phi) is 9.73. The summed E-state index contributed by atoms with van der Waals surface area (Å²) >= 11 is 0. The second-order valence-electron chi connectivity index (χ2n) is 9.28. The second kappa shape index (κ2) is 12.7. The number of carbonyl (C=O) groups excluding carboxylic acids is 2. The molecule has 1 unspecified atom stereocenters. The number of hydrogen-bond donors (Lipinski definition) is 0. The van der Waals surface area contributed by atoms with Crippen LogP contribution in [0, 0.1) is 19.8 Å². The number of sulfone groups is 1. The summed E-state index contributed by atoms with van der Waals surface area (Å²) in [5.74, 6) is -1.21. The van der Waals surface area contributed by atoms with Gasteiger partial charge >= 0.3 is 0 Å². The third-order valence-electron chi connectivity index (χ3n) is 6.32. The van der Waals surface area contributed by atoms with Gasteiger partial charge in [-0.2, -0.15) is 0 Å². The van der Waals surface area contributed by atoms with Gasteiger partial charge < -0.3 is 4.74 Å². The van der Waals surface area contributed by atoms with Crippen LogP contribution >= 0.6 is 0 Å². The summed E-state index contributed by atoms with van der Waals surface area (Å²) in [7, 11) is -2.07. The molecule has 1 atom stereocenters. The first-order chi connectivity index (χ1) is 17.2. The number of benzene rings is 3. The first kappa shape index (κ1) is 27.5. The zero-order valence-corrected chi connectivity index (χ0v) is 22.0. The van der Waals surface area contributed by atoms with Crippen LogP contribution in [0.5, 0.6) is 0 Å². The number of ketones is 2. The van der Waals surface area contributed by atoms with Gasteiger partial charge in [0.05, 0.1) is 10.6 Å². The van der Waals surface area contributed by atoms with Crippen molar-refractivity contribution in [1.29, 1.82) is 0 Å². The molecule has 0 spiro atoms. The van der Waals surface area contributed by atoms with Crippen LogP contribution in [0.3, 0.4) is 0 Å². The highest BCUT2D eigenvalue weighted by molar-refractivity contribution is 7.91. The van der Waals surface area contributed by atoms with E-state index in [2.05, 4.69) is 0 Å². The smallest absolute Gasteiger partial charge is 0.179 e. The SMILES string of the molecule is COCCCC(=O)c1ccc(C(=O)C(CCc2ccc(C)cc2)CS(=O)(=O)c2ccc(C)cc2)cc1. The van der Waals surface area contributed by atoms with Crippen LogP contribution in [0.1, 0.15) is 56.7 Å². The van der Waals surface area contributed by atoms with Crippen molar-refractivity contribution in [3.05, 3.63) is 101 Å². The molecule has 0 radical (unpaired) electrons. The Morgan fingerprint density at radius 1 is 0.806 bits per heavy atom. The number of carbonyl (C=O) groups is 2. The number of rotatable bonds is 13. The van der Waals surface area contributed by atoms with Crippen LogP contribution < -0.4 is 0 Å². The summed E-state index contributed by atoms with van der Waals surface area (Å²) in [6, 6.07) is 21.3. The average Bonchev–Trinajstić information content (AvgIpc) is 2.87. The van der Waals surface area contributed by atoms with Crippen LogP contribution in [0.4, 0.5) is 0 Å². The van der Waals surface area contributed by atoms with Crippen molar-refractivity contribution in [3.63, 3.8) is 0 Å². The highest BCUT2D eigenvalue weighted by Gasteiger charge is 2.28. The van der Waals surface area contributed by atoms with E-state index in [1.54, 1.807) is 55.6 Å². The molecule has 190 valence electrons. The van der Waals surface area contributed by atoms with Gasteiger partial charge in [0, 0.05) is 37.2 Å². The van der Waals surface area contributed by atoms with Gasteiger partial charge in [0.2, 0.25) is 0 Å². The highest BCUT2D eigenvalue weighted by atomic mass is 32.2. The molecule has 0 fully saturated rings. The fraction of sp³-hybridized carbons (Fsp3) is 0.333. The minimum absolute atomic E-state index is 0.0103. The Morgan fingerprint density at radius 2 is 1.36 bits per heavy atom. The van der Waals surface area contributed by atoms with E-state index in [-0.39, 0.29) is 22.2 Å². The maximum atomic E-state index is 13.5. The molecule has 3 aromatic carbocycles. The minimum Gasteiger partial charge on any atom is -0.385 e. The molecule has 0 bridgehead atoms. The Balaban J connectivity index is 1.81. The Morgan fingerprint density at radius 3 is 1.94 bits per heavy atom. The molecule has 0 aliphatic carbocycles. The van der Waals surface area contributed by atoms with Crippen LogP contribution in [0.15, 0.2) is 77.7 Å². The van der Waals surface area contributed by atoms with Gasteiger partial charge in [-0.15, -0.1) is 0 Å². The summed E-state index contributed by atoms with van der Waals surface area (Å²) in [5, 5.41) is 0. The molecule has 5 nitrogen and oxygen atoms in total. The third-order valence-corrected chi connectivity index (χ3v) is 8.15. The van der Waals surface area contributed by atoms with Crippen LogP contribution in [-0.2, 0) is 21.0 Å². The van der Waals surface area contributed by atoms with Gasteiger partial charge in [-0.25, -0.2) is 8.42 Å². The monoisotopic (exact) mass is 506 g/mol. The maximum absolute atomic E-state index is 13.5. The van der Waals surface area contributed by atoms with Crippen molar-refractivity contribution in [2.75, 3.05) is 19.5 Å². The highest BCUT2D eigenvalue weighted by Crippen LogP contribution is 2.23. The molecule has 0 aromatic heterocycles. The van der Waals surface area contributed by atoms with E-state index >= 15 is 0 Å². The first-order valence-corrected chi connectivity index (χ1v) is 13.9. The number of ether oxygens (including phenoxy) is 1. The van der Waals surface area contributed by atoms with Crippen molar-refractivity contribution < 1.29 is 22.7 Å². The lowest BCUT2D eigenvalue weighted by Gasteiger charge is -2.17. The average molecular weight is 507 g/mol. The Labute approximate surface area is 214 Å². The van der Waals surface area contributed by atoms with Gasteiger partial charge in [0.25, 0.3) is 0 Å². The molecule has 0 amide bonds. The lowest BCUT2D eigenvalue weighted by Crippen LogP contribution is -2.25. The van der Waals surface area contributed by atoms with Gasteiger partial charge in [-0.05, 0) is 50.8 Å². The molecule has 0 N–H and O–H groups in total. The fourth-order valence-corrected chi connectivity index (χ4v) is 5.66. The number of Topliss-reactive ketones (excluding diaryl/α,β-unsaturated/α-hetero) is 2. The van der Waals surface area contributed by atoms with E-state index in [1.165, 1.54) is 0 Å². The molecule has 3 aromatic rings. The van der Waals surface area contributed by atoms with Crippen LogP contribution in [0.2, 0.25) is 0 Å². The standard InChI is InChI=1S/C30H34O5S/c1-22-6-10-24(11-7-22)12-13-27(21-36(33,34)28-18-8-23(2)9-19-28)30(32)26-16-14-25(15-17-26)29(31)5-4-20-35-3/h6-11,14-19,27H,4-5,12-13,20-21H2,1-3H3. The van der Waals surface area contributed by atoms with Crippen molar-refractivity contribution in [1.82, 2.24) is 0 Å². The van der Waals surface area contributed by atoms with Gasteiger partial charge in [-0.1, -0.05) is 71.8 Å². The van der Waals surface area contributed by atoms with E-state index in [4.69, 9.17) is 4.74 Å². The molecule has 0 aliphatic heterocycles. The van der Waals surface area contributed by atoms with Gasteiger partial charge in [0.1, 0.15) is 0 Å². The molecule has 3 rings (SSSR count). The summed E-state index contributed by atoms with van der Waals surface area (Å²) in [5.41, 5.74) is 4.12. The van der Waals surface area contributed by atoms with E-state index in [0.29, 0.717) is 43.4 Å². The summed E-state index contributed by atoms with van der Waals surface area (Å²) in [6.07, 6.45) is 2.00. The fourth-order valence-electron chi connectivity index (χ4n) is 4.07. The Hall–Kier alpha value is -3.09. The molecule has 6 heteroatoms. The number of hydrogen-bond acceptors (Lipinski definition) is 5. The largest absolute Gasteiger partial charge is 0.385 e. The van der Waals surface area contributed by atoms with E-state index in [1.807, 2.05) is 38.1 Å². The van der Waals surface area contributed by atoms with Gasteiger partial charge in [0.15, 0.2) is 21.4 Å². The summed E-state index contributed by atoms with van der Waals surface area (Å²) < 4.78 is 31.4. The van der Waals surface area contributed by atoms with Crippen molar-refractivity contribution in [3.8, 4) is 0 Å². The van der Waals surface area contributed by atoms with Crippen molar-refractivity contribution in [2.45, 2.75) is 44.4 Å². The first-order valence-electron chi connectivity index (χ1n) is 12.2. The molecular formula is C30H34O5S. The molecule has 0 heterocycles. The summed E-state index contributed by atoms with van der Waals surface area (Å²) in [4.78, 5) is 26.1. The van der Waals surface area contributed by atoms with Crippen molar-refractivity contribution >= 4 is 21.4 Å². The summed E-state index contributed by atoms with van der Waals surface area (Å²) in [6.45, 7) is 4.42. The van der Waals surface area contributed by atoms with Crippen LogP contribution in [-0.4, -0.2) is 39.5 Å². The van der Waals surface area contributed by atoms with Crippen LogP contribution in [0.25, 0.3) is 0 Å². The molecular weight excluding hydrogens is 472 g/mol. The third kappa shape index (κ3) is 7.70. The normalized spacial score (nSPS) is 12.3. The second-order valence-corrected chi connectivity index (χ2v) is 11.3. The van der Waals surface area contributed by atoms with E-state index < -0.39 is 15.8 Å². The predicted octanol–water partition coefficient (Wildman–Crippen LogP) is 5.82. The lowest BCUT2D eigenvalue weighted by atomic mass is 9.92. The Bertz CT molecular complexity index is 1260. The molecule has 0 aliphatic rings. The van der Waals surface area contributed by atoms with Crippen molar-refractivity contribution in [2.24, 2.45) is 5.92 Å². The zero-order valence-electron chi connectivity index (χ0n) is 21.2. The molecule has 0 saturated carbocycles. The zero-order chi connectivity index (χ0) is 26.1. The quantitative estimate of drug-likeness (QED) is 0.216. The maximum Gasteiger partial charge on any atom is 0.179 e. The number of methoxy groups -OCH3 is 1. The molecule has 36 heavy (non-hydrogen) atoms. The van der Waals surface area contributed by atoms with Gasteiger partial charge in [-0.3, -0.25) is 9.59 Å². The predicted molar refractivity (Wildman–Crippen MR) is 142 cm³/mol. The van der Waals surface area contributed by atoms with E-state index in [9.17, 15) is 18.0 Å². The number of aryl methyl sites for hydroxylation is 3.